The van der Waals surface area contributed by atoms with Crippen LogP contribution in [-0.2, 0) is 9.05 Å². The van der Waals surface area contributed by atoms with Crippen LogP contribution in [0, 0.1) is 12.3 Å². The highest BCUT2D eigenvalue weighted by molar-refractivity contribution is 8.13. The molecule has 0 bridgehead atoms. The summed E-state index contributed by atoms with van der Waals surface area (Å²) in [5, 5.41) is 0.171. The highest BCUT2D eigenvalue weighted by atomic mass is 35.7. The van der Waals surface area contributed by atoms with Gasteiger partial charge in [0.15, 0.2) is 5.75 Å². The van der Waals surface area contributed by atoms with E-state index in [2.05, 4.69) is 5.92 Å². The SMILES string of the molecule is C#CCCCOc1c(Cl)cc(S(=O)(=O)Cl)cc1Cl. The molecule has 0 amide bonds. The number of benzene rings is 1. The van der Waals surface area contributed by atoms with E-state index < -0.39 is 9.05 Å². The molecule has 98 valence electrons. The quantitative estimate of drug-likeness (QED) is 0.470. The fourth-order valence-corrected chi connectivity index (χ4v) is 2.67. The van der Waals surface area contributed by atoms with Crippen molar-refractivity contribution < 1.29 is 13.2 Å². The molecule has 18 heavy (non-hydrogen) atoms. The number of rotatable bonds is 5. The number of terminal acetylenes is 1. The summed E-state index contributed by atoms with van der Waals surface area (Å²) in [6.45, 7) is 0.344. The summed E-state index contributed by atoms with van der Waals surface area (Å²) in [6, 6.07) is 2.37. The molecule has 0 radical (unpaired) electrons. The third-order valence-corrected chi connectivity index (χ3v) is 3.86. The molecular weight excluding hydrogens is 319 g/mol. The number of ether oxygens (including phenoxy) is 1. The molecule has 3 nitrogen and oxygen atoms in total. The van der Waals surface area contributed by atoms with Crippen LogP contribution >= 0.6 is 33.9 Å². The minimum atomic E-state index is -3.87. The Labute approximate surface area is 120 Å². The van der Waals surface area contributed by atoms with Gasteiger partial charge in [0.25, 0.3) is 9.05 Å². The smallest absolute Gasteiger partial charge is 0.261 e. The molecule has 0 aliphatic heterocycles. The van der Waals surface area contributed by atoms with E-state index in [1.807, 2.05) is 0 Å². The lowest BCUT2D eigenvalue weighted by molar-refractivity contribution is 0.313. The molecule has 0 N–H and O–H groups in total. The molecule has 1 rings (SSSR count). The van der Waals surface area contributed by atoms with Gasteiger partial charge < -0.3 is 4.74 Å². The highest BCUT2D eigenvalue weighted by Crippen LogP contribution is 2.36. The number of unbranched alkanes of at least 4 members (excludes halogenated alkanes) is 1. The summed E-state index contributed by atoms with van der Waals surface area (Å²) in [7, 11) is 1.32. The first-order chi connectivity index (χ1) is 8.36. The molecular formula is C11H9Cl3O3S. The number of hydrogen-bond donors (Lipinski definition) is 0. The van der Waals surface area contributed by atoms with Gasteiger partial charge >= 0.3 is 0 Å². The third kappa shape index (κ3) is 4.25. The van der Waals surface area contributed by atoms with Gasteiger partial charge in [-0.05, 0) is 18.6 Å². The van der Waals surface area contributed by atoms with E-state index >= 15 is 0 Å². The van der Waals surface area contributed by atoms with Gasteiger partial charge in [0.1, 0.15) is 0 Å². The minimum Gasteiger partial charge on any atom is -0.490 e. The summed E-state index contributed by atoms with van der Waals surface area (Å²) in [5.74, 6) is 2.69. The second-order valence-electron chi connectivity index (χ2n) is 3.31. The van der Waals surface area contributed by atoms with Crippen LogP contribution in [0.2, 0.25) is 10.0 Å². The van der Waals surface area contributed by atoms with Crippen LogP contribution in [0.25, 0.3) is 0 Å². The maximum absolute atomic E-state index is 11.1. The Balaban J connectivity index is 2.93. The van der Waals surface area contributed by atoms with Gasteiger partial charge in [0.2, 0.25) is 0 Å². The van der Waals surface area contributed by atoms with Gasteiger partial charge in [0.05, 0.1) is 21.5 Å². The van der Waals surface area contributed by atoms with Gasteiger partial charge in [-0.3, -0.25) is 0 Å². The molecule has 0 aliphatic carbocycles. The lowest BCUT2D eigenvalue weighted by Crippen LogP contribution is -1.99. The lowest BCUT2D eigenvalue weighted by atomic mass is 10.3. The van der Waals surface area contributed by atoms with Crippen molar-refractivity contribution in [1.82, 2.24) is 0 Å². The van der Waals surface area contributed by atoms with Crippen molar-refractivity contribution in [2.24, 2.45) is 0 Å². The van der Waals surface area contributed by atoms with Gasteiger partial charge in [-0.15, -0.1) is 12.3 Å². The van der Waals surface area contributed by atoms with Crippen molar-refractivity contribution >= 4 is 42.9 Å². The van der Waals surface area contributed by atoms with E-state index in [0.717, 1.165) is 0 Å². The highest BCUT2D eigenvalue weighted by Gasteiger charge is 2.16. The van der Waals surface area contributed by atoms with Crippen LogP contribution in [0.15, 0.2) is 17.0 Å². The number of halogens is 3. The third-order valence-electron chi connectivity index (χ3n) is 1.97. The Morgan fingerprint density at radius 2 is 1.83 bits per heavy atom. The maximum Gasteiger partial charge on any atom is 0.261 e. The summed E-state index contributed by atoms with van der Waals surface area (Å²) in [5.41, 5.74) is 0. The molecule has 0 atom stereocenters. The predicted molar refractivity (Wildman–Crippen MR) is 73.1 cm³/mol. The first-order valence-corrected chi connectivity index (χ1v) is 7.92. The molecule has 1 aromatic rings. The van der Waals surface area contributed by atoms with Crippen molar-refractivity contribution in [1.29, 1.82) is 0 Å². The Morgan fingerprint density at radius 3 is 2.28 bits per heavy atom. The minimum absolute atomic E-state index is 0.0856. The molecule has 0 unspecified atom stereocenters. The van der Waals surface area contributed by atoms with Gasteiger partial charge in [-0.2, -0.15) is 0 Å². The maximum atomic E-state index is 11.1. The van der Waals surface area contributed by atoms with Crippen molar-refractivity contribution in [2.75, 3.05) is 6.61 Å². The van der Waals surface area contributed by atoms with E-state index in [1.165, 1.54) is 12.1 Å². The van der Waals surface area contributed by atoms with Gasteiger partial charge in [-0.1, -0.05) is 23.2 Å². The average Bonchev–Trinajstić information content (AvgIpc) is 2.25. The van der Waals surface area contributed by atoms with Crippen LogP contribution in [0.5, 0.6) is 5.75 Å². The van der Waals surface area contributed by atoms with Crippen LogP contribution in [-0.4, -0.2) is 15.0 Å². The molecule has 1 aromatic carbocycles. The van der Waals surface area contributed by atoms with E-state index in [-0.39, 0.29) is 20.7 Å². The predicted octanol–water partition coefficient (Wildman–Crippen LogP) is 3.71. The molecule has 0 spiro atoms. The zero-order chi connectivity index (χ0) is 13.8. The second-order valence-corrected chi connectivity index (χ2v) is 6.69. The van der Waals surface area contributed by atoms with E-state index in [0.29, 0.717) is 19.4 Å². The molecule has 0 heterocycles. The van der Waals surface area contributed by atoms with Crippen LogP contribution in [0.1, 0.15) is 12.8 Å². The Bertz CT molecular complexity index is 553. The summed E-state index contributed by atoms with van der Waals surface area (Å²) in [4.78, 5) is -0.171. The van der Waals surface area contributed by atoms with Gasteiger partial charge in [-0.25, -0.2) is 8.42 Å². The lowest BCUT2D eigenvalue weighted by Gasteiger charge is -2.10. The fourth-order valence-electron chi connectivity index (χ4n) is 1.16. The largest absolute Gasteiger partial charge is 0.490 e. The average molecular weight is 328 g/mol. The van der Waals surface area contributed by atoms with Crippen LogP contribution < -0.4 is 4.74 Å². The van der Waals surface area contributed by atoms with Crippen LogP contribution in [0.4, 0.5) is 0 Å². The fraction of sp³-hybridized carbons (Fsp3) is 0.273. The summed E-state index contributed by atoms with van der Waals surface area (Å²) in [6.07, 6.45) is 6.32. The Hall–Kier alpha value is -0.600. The molecule has 0 aliphatic rings. The summed E-state index contributed by atoms with van der Waals surface area (Å²) < 4.78 is 27.6. The molecule has 0 saturated carbocycles. The van der Waals surface area contributed by atoms with Crippen molar-refractivity contribution in [3.63, 3.8) is 0 Å². The van der Waals surface area contributed by atoms with Gasteiger partial charge in [0, 0.05) is 17.1 Å². The summed E-state index contributed by atoms with van der Waals surface area (Å²) >= 11 is 11.8. The van der Waals surface area contributed by atoms with E-state index in [1.54, 1.807) is 0 Å². The van der Waals surface area contributed by atoms with Crippen molar-refractivity contribution in [3.8, 4) is 18.1 Å². The zero-order valence-electron chi connectivity index (χ0n) is 9.12. The van der Waals surface area contributed by atoms with Crippen molar-refractivity contribution in [3.05, 3.63) is 22.2 Å². The first-order valence-electron chi connectivity index (χ1n) is 4.86. The first kappa shape index (κ1) is 15.5. The molecule has 7 heteroatoms. The van der Waals surface area contributed by atoms with Crippen LogP contribution in [0.3, 0.4) is 0 Å². The standard InChI is InChI=1S/C11H9Cl3O3S/c1-2-3-4-5-17-11-9(12)6-8(7-10(11)13)18(14,15)16/h1,6-7H,3-5H2. The van der Waals surface area contributed by atoms with E-state index in [4.69, 9.17) is 45.0 Å². The van der Waals surface area contributed by atoms with Crippen molar-refractivity contribution in [2.45, 2.75) is 17.7 Å². The molecule has 0 saturated heterocycles. The monoisotopic (exact) mass is 326 g/mol. The zero-order valence-corrected chi connectivity index (χ0v) is 12.2. The Morgan fingerprint density at radius 1 is 1.28 bits per heavy atom. The molecule has 0 fully saturated rings. The Kier molecular flexibility index (Phi) is 5.61. The molecule has 0 aromatic heterocycles. The topological polar surface area (TPSA) is 43.4 Å². The van der Waals surface area contributed by atoms with E-state index in [9.17, 15) is 8.42 Å². The second kappa shape index (κ2) is 6.53. The normalized spacial score (nSPS) is 11.0. The number of hydrogen-bond acceptors (Lipinski definition) is 3.